The zero-order valence-corrected chi connectivity index (χ0v) is 15.6. The molecule has 0 saturated carbocycles. The van der Waals surface area contributed by atoms with Crippen molar-refractivity contribution in [3.05, 3.63) is 104 Å². The fraction of sp³-hybridized carbons (Fsp3) is 0.0455. The second-order valence-corrected chi connectivity index (χ2v) is 7.03. The Morgan fingerprint density at radius 3 is 2.46 bits per heavy atom. The van der Waals surface area contributed by atoms with Crippen molar-refractivity contribution < 1.29 is 0 Å². The van der Waals surface area contributed by atoms with Crippen molar-refractivity contribution in [3.63, 3.8) is 0 Å². The lowest BCUT2D eigenvalue weighted by Gasteiger charge is -2.08. The smallest absolute Gasteiger partial charge is 0.306 e. The zero-order chi connectivity index (χ0) is 17.9. The molecule has 4 rings (SSSR count). The van der Waals surface area contributed by atoms with E-state index in [1.165, 1.54) is 0 Å². The van der Waals surface area contributed by atoms with Gasteiger partial charge in [-0.2, -0.15) is 0 Å². The van der Waals surface area contributed by atoms with Gasteiger partial charge in [0, 0.05) is 4.47 Å². The minimum Gasteiger partial charge on any atom is -0.306 e. The second kappa shape index (κ2) is 7.18. The lowest BCUT2D eigenvalue weighted by Crippen LogP contribution is -2.17. The number of hydrogen-bond donors (Lipinski definition) is 1. The van der Waals surface area contributed by atoms with Gasteiger partial charge in [-0.15, -0.1) is 0 Å². The summed E-state index contributed by atoms with van der Waals surface area (Å²) in [6.45, 7) is 0.531. The summed E-state index contributed by atoms with van der Waals surface area (Å²) >= 11 is 3.45. The Morgan fingerprint density at radius 1 is 0.885 bits per heavy atom. The van der Waals surface area contributed by atoms with Crippen molar-refractivity contribution in [2.75, 3.05) is 0 Å². The van der Waals surface area contributed by atoms with E-state index < -0.39 is 0 Å². The monoisotopic (exact) mass is 404 g/mol. The maximum absolute atomic E-state index is 12.4. The van der Waals surface area contributed by atoms with E-state index in [0.29, 0.717) is 6.54 Å². The number of rotatable bonds is 4. The van der Waals surface area contributed by atoms with Gasteiger partial charge in [0.1, 0.15) is 0 Å². The normalized spacial score (nSPS) is 11.4. The highest BCUT2D eigenvalue weighted by Crippen LogP contribution is 2.18. The fourth-order valence-corrected chi connectivity index (χ4v) is 3.30. The molecule has 0 radical (unpaired) electrons. The van der Waals surface area contributed by atoms with E-state index in [9.17, 15) is 4.79 Å². The third kappa shape index (κ3) is 3.41. The van der Waals surface area contributed by atoms with Crippen molar-refractivity contribution in [2.45, 2.75) is 6.54 Å². The Kier molecular flexibility index (Phi) is 4.59. The van der Waals surface area contributed by atoms with E-state index in [4.69, 9.17) is 0 Å². The van der Waals surface area contributed by atoms with Gasteiger partial charge in [0.25, 0.3) is 0 Å². The van der Waals surface area contributed by atoms with Gasteiger partial charge in [-0.3, -0.25) is 4.57 Å². The largest absolute Gasteiger partial charge is 0.326 e. The molecule has 1 aromatic heterocycles. The van der Waals surface area contributed by atoms with Gasteiger partial charge in [-0.1, -0.05) is 76.6 Å². The predicted octanol–water partition coefficient (Wildman–Crippen LogP) is 5.31. The average molecular weight is 405 g/mol. The molecule has 4 heteroatoms. The van der Waals surface area contributed by atoms with Gasteiger partial charge in [-0.25, -0.2) is 4.79 Å². The molecule has 0 aliphatic rings. The molecule has 1 N–H and O–H groups in total. The molecular weight excluding hydrogens is 388 g/mol. The molecule has 0 fully saturated rings. The van der Waals surface area contributed by atoms with Crippen LogP contribution >= 0.6 is 15.9 Å². The molecule has 0 bridgehead atoms. The highest BCUT2D eigenvalue weighted by Gasteiger charge is 2.08. The van der Waals surface area contributed by atoms with Crippen LogP contribution in [0.4, 0.5) is 0 Å². The zero-order valence-electron chi connectivity index (χ0n) is 14.0. The van der Waals surface area contributed by atoms with Gasteiger partial charge in [0.2, 0.25) is 0 Å². The van der Waals surface area contributed by atoms with Crippen molar-refractivity contribution in [2.24, 2.45) is 0 Å². The van der Waals surface area contributed by atoms with E-state index in [0.717, 1.165) is 32.2 Å². The number of aromatic nitrogens is 2. The summed E-state index contributed by atoms with van der Waals surface area (Å²) in [4.78, 5) is 15.3. The van der Waals surface area contributed by atoms with Crippen molar-refractivity contribution in [1.82, 2.24) is 9.55 Å². The van der Waals surface area contributed by atoms with E-state index >= 15 is 0 Å². The highest BCUT2D eigenvalue weighted by molar-refractivity contribution is 9.10. The number of H-pyrrole nitrogens is 1. The fourth-order valence-electron chi connectivity index (χ4n) is 3.03. The number of nitrogens with one attached hydrogen (secondary N) is 1. The Balaban J connectivity index is 1.68. The number of para-hydroxylation sites is 2. The van der Waals surface area contributed by atoms with Crippen LogP contribution in [0.25, 0.3) is 23.2 Å². The summed E-state index contributed by atoms with van der Waals surface area (Å²) in [7, 11) is 0. The highest BCUT2D eigenvalue weighted by atomic mass is 79.9. The molecular formula is C22H17BrN2O. The number of nitrogens with zero attached hydrogens (tertiary/aromatic N) is 1. The lowest BCUT2D eigenvalue weighted by atomic mass is 10.1. The number of hydrogen-bond acceptors (Lipinski definition) is 1. The van der Waals surface area contributed by atoms with Crippen LogP contribution < -0.4 is 5.69 Å². The minimum absolute atomic E-state index is 0.0853. The predicted molar refractivity (Wildman–Crippen MR) is 111 cm³/mol. The standard InChI is InChI=1S/C22H17BrN2O/c23-19-13-10-16(11-14-19)9-12-17-5-1-2-6-18(17)15-25-21-8-4-3-7-20(21)24-22(25)26/h1-14H,15H2,(H,24,26)/b12-9+. The first-order chi connectivity index (χ1) is 12.7. The van der Waals surface area contributed by atoms with Crippen molar-refractivity contribution >= 4 is 39.1 Å². The summed E-state index contributed by atoms with van der Waals surface area (Å²) in [5.41, 5.74) is 5.04. The van der Waals surface area contributed by atoms with Crippen LogP contribution in [0.2, 0.25) is 0 Å². The maximum Gasteiger partial charge on any atom is 0.326 e. The Morgan fingerprint density at radius 2 is 1.62 bits per heavy atom. The van der Waals surface area contributed by atoms with Gasteiger partial charge >= 0.3 is 5.69 Å². The van der Waals surface area contributed by atoms with Crippen LogP contribution in [0.3, 0.4) is 0 Å². The number of imidazole rings is 1. The number of halogens is 1. The van der Waals surface area contributed by atoms with E-state index in [-0.39, 0.29) is 5.69 Å². The summed E-state index contributed by atoms with van der Waals surface area (Å²) in [5.74, 6) is 0. The molecule has 0 amide bonds. The molecule has 128 valence electrons. The van der Waals surface area contributed by atoms with Crippen molar-refractivity contribution in [3.8, 4) is 0 Å². The number of benzene rings is 3. The molecule has 0 aliphatic carbocycles. The van der Waals surface area contributed by atoms with Gasteiger partial charge in [0.15, 0.2) is 0 Å². The summed E-state index contributed by atoms with van der Waals surface area (Å²) in [6, 6.07) is 24.1. The molecule has 3 aromatic carbocycles. The maximum atomic E-state index is 12.4. The molecule has 1 heterocycles. The van der Waals surface area contributed by atoms with E-state index in [1.54, 1.807) is 4.57 Å². The summed E-state index contributed by atoms with van der Waals surface area (Å²) < 4.78 is 2.84. The third-order valence-corrected chi connectivity index (χ3v) is 4.92. The van der Waals surface area contributed by atoms with Crippen LogP contribution in [0.15, 0.2) is 82.1 Å². The van der Waals surface area contributed by atoms with E-state index in [2.05, 4.69) is 57.3 Å². The number of fused-ring (bicyclic) bond motifs is 1. The first kappa shape index (κ1) is 16.6. The Hall–Kier alpha value is -2.85. The van der Waals surface area contributed by atoms with Crippen LogP contribution in [-0.2, 0) is 6.54 Å². The molecule has 0 unspecified atom stereocenters. The average Bonchev–Trinajstić information content (AvgIpc) is 2.98. The first-order valence-corrected chi connectivity index (χ1v) is 9.19. The van der Waals surface area contributed by atoms with E-state index in [1.807, 2.05) is 48.5 Å². The Labute approximate surface area is 159 Å². The molecule has 3 nitrogen and oxygen atoms in total. The molecule has 0 spiro atoms. The Bertz CT molecular complexity index is 1140. The second-order valence-electron chi connectivity index (χ2n) is 6.12. The first-order valence-electron chi connectivity index (χ1n) is 8.40. The van der Waals surface area contributed by atoms with Crippen LogP contribution in [-0.4, -0.2) is 9.55 Å². The molecule has 26 heavy (non-hydrogen) atoms. The van der Waals surface area contributed by atoms with Gasteiger partial charge in [-0.05, 0) is 41.0 Å². The summed E-state index contributed by atoms with van der Waals surface area (Å²) in [6.07, 6.45) is 4.18. The SMILES string of the molecule is O=c1[nH]c2ccccc2n1Cc1ccccc1/C=C/c1ccc(Br)cc1. The topological polar surface area (TPSA) is 37.8 Å². The third-order valence-electron chi connectivity index (χ3n) is 4.39. The number of aromatic amines is 1. The quantitative estimate of drug-likeness (QED) is 0.459. The van der Waals surface area contributed by atoms with Crippen molar-refractivity contribution in [1.29, 1.82) is 0 Å². The van der Waals surface area contributed by atoms with Crippen LogP contribution in [0.1, 0.15) is 16.7 Å². The minimum atomic E-state index is -0.0853. The molecule has 0 atom stereocenters. The van der Waals surface area contributed by atoms with Crippen LogP contribution in [0, 0.1) is 0 Å². The van der Waals surface area contributed by atoms with Gasteiger partial charge < -0.3 is 4.98 Å². The molecule has 4 aromatic rings. The van der Waals surface area contributed by atoms with Crippen LogP contribution in [0.5, 0.6) is 0 Å². The molecule has 0 saturated heterocycles. The lowest BCUT2D eigenvalue weighted by molar-refractivity contribution is 0.786. The summed E-state index contributed by atoms with van der Waals surface area (Å²) in [5, 5.41) is 0. The molecule has 0 aliphatic heterocycles. The van der Waals surface area contributed by atoms with Gasteiger partial charge in [0.05, 0.1) is 17.6 Å².